The molecule has 3 aromatic rings. The summed E-state index contributed by atoms with van der Waals surface area (Å²) in [7, 11) is 0. The number of nitrogen functional groups attached to an aromatic ring is 1. The Balaban J connectivity index is 1.35. The van der Waals surface area contributed by atoms with Crippen molar-refractivity contribution < 1.29 is 24.0 Å². The van der Waals surface area contributed by atoms with Crippen molar-refractivity contribution in [1.29, 1.82) is 0 Å². The highest BCUT2D eigenvalue weighted by molar-refractivity contribution is 6.06. The number of aromatic nitrogens is 3. The van der Waals surface area contributed by atoms with E-state index >= 15 is 0 Å². The first-order chi connectivity index (χ1) is 14.8. The van der Waals surface area contributed by atoms with Gasteiger partial charge in [-0.25, -0.2) is 0 Å². The van der Waals surface area contributed by atoms with E-state index in [0.29, 0.717) is 29.0 Å². The van der Waals surface area contributed by atoms with Gasteiger partial charge in [-0.15, -0.1) is 0 Å². The number of aryl methyl sites for hydroxylation is 2. The van der Waals surface area contributed by atoms with Gasteiger partial charge in [-0.05, 0) is 31.9 Å². The number of hydrogen-bond donors (Lipinski definition) is 3. The number of benzene rings is 1. The molecule has 0 bridgehead atoms. The number of nitrogens with two attached hydrogens (primary N) is 1. The highest BCUT2D eigenvalue weighted by atomic mass is 16.5. The van der Waals surface area contributed by atoms with Crippen molar-refractivity contribution in [3.63, 3.8) is 0 Å². The molecule has 0 radical (unpaired) electrons. The minimum atomic E-state index is -2.12. The molecule has 0 spiro atoms. The highest BCUT2D eigenvalue weighted by Gasteiger charge is 2.49. The molecule has 2 aliphatic rings. The van der Waals surface area contributed by atoms with Crippen LogP contribution in [0.25, 0.3) is 11.0 Å². The Labute approximate surface area is 176 Å². The van der Waals surface area contributed by atoms with Gasteiger partial charge < -0.3 is 25.4 Å². The standard InChI is InChI=1S/C20H22N6O5/c1-20(29,19(28)22-11-4-5-13-14(9-11)31-24-17(13)21)16-18(27)25(7-8-30-16)15-10-12-3-2-6-26(12)23-15/h4-5,9-10,16,29H,2-3,6-8H2,1H3,(H2,21,24)(H,22,28)/t16-,20+/m0/s1. The molecule has 1 saturated heterocycles. The number of hydrogen-bond acceptors (Lipinski definition) is 8. The molecule has 4 N–H and O–H groups in total. The van der Waals surface area contributed by atoms with Crippen LogP contribution in [0.2, 0.25) is 0 Å². The van der Waals surface area contributed by atoms with Crippen LogP contribution in [-0.2, 0) is 27.3 Å². The first-order valence-electron chi connectivity index (χ1n) is 10.0. The maximum absolute atomic E-state index is 13.1. The van der Waals surface area contributed by atoms with Gasteiger partial charge in [0.25, 0.3) is 11.8 Å². The van der Waals surface area contributed by atoms with E-state index in [4.69, 9.17) is 15.0 Å². The third kappa shape index (κ3) is 3.22. The normalized spacial score (nSPS) is 20.6. The number of nitrogens with zero attached hydrogens (tertiary/aromatic N) is 4. The van der Waals surface area contributed by atoms with Gasteiger partial charge in [0.15, 0.2) is 28.9 Å². The Hall–Kier alpha value is -3.44. The predicted molar refractivity (Wildman–Crippen MR) is 110 cm³/mol. The molecular weight excluding hydrogens is 404 g/mol. The van der Waals surface area contributed by atoms with Crippen LogP contribution in [0.3, 0.4) is 0 Å². The van der Waals surface area contributed by atoms with E-state index in [1.807, 2.05) is 10.7 Å². The Kier molecular flexibility index (Phi) is 4.45. The van der Waals surface area contributed by atoms with Gasteiger partial charge in [-0.3, -0.25) is 19.2 Å². The first-order valence-corrected chi connectivity index (χ1v) is 10.0. The smallest absolute Gasteiger partial charge is 0.260 e. The lowest BCUT2D eigenvalue weighted by Crippen LogP contribution is -2.61. The molecule has 11 nitrogen and oxygen atoms in total. The van der Waals surface area contributed by atoms with Crippen LogP contribution in [0.1, 0.15) is 19.0 Å². The molecular formula is C20H22N6O5. The van der Waals surface area contributed by atoms with Crippen molar-refractivity contribution in [2.45, 2.75) is 38.0 Å². The molecule has 2 aliphatic heterocycles. The third-order valence-corrected chi connectivity index (χ3v) is 5.75. The Bertz CT molecular complexity index is 1160. The van der Waals surface area contributed by atoms with E-state index in [9.17, 15) is 14.7 Å². The van der Waals surface area contributed by atoms with E-state index in [0.717, 1.165) is 25.1 Å². The summed E-state index contributed by atoms with van der Waals surface area (Å²) in [6, 6.07) is 6.66. The summed E-state index contributed by atoms with van der Waals surface area (Å²) in [6.45, 7) is 2.55. The minimum Gasteiger partial charge on any atom is -0.380 e. The summed E-state index contributed by atoms with van der Waals surface area (Å²) in [6.07, 6.45) is 0.572. The van der Waals surface area contributed by atoms with Crippen molar-refractivity contribution in [3.8, 4) is 0 Å². The fourth-order valence-corrected chi connectivity index (χ4v) is 4.00. The summed E-state index contributed by atoms with van der Waals surface area (Å²) in [5.74, 6) is -0.544. The summed E-state index contributed by atoms with van der Waals surface area (Å²) in [5.41, 5.74) is 5.40. The Morgan fingerprint density at radius 3 is 3.00 bits per heavy atom. The number of amides is 2. The van der Waals surface area contributed by atoms with Crippen LogP contribution in [0, 0.1) is 0 Å². The van der Waals surface area contributed by atoms with Crippen LogP contribution in [0.5, 0.6) is 0 Å². The average Bonchev–Trinajstić information content (AvgIpc) is 3.43. The number of carbonyl (C=O) groups excluding carboxylic acids is 2. The summed E-state index contributed by atoms with van der Waals surface area (Å²) < 4.78 is 12.5. The van der Waals surface area contributed by atoms with Gasteiger partial charge >= 0.3 is 0 Å². The van der Waals surface area contributed by atoms with Crippen LogP contribution in [-0.4, -0.2) is 56.7 Å². The van der Waals surface area contributed by atoms with Crippen LogP contribution >= 0.6 is 0 Å². The molecule has 31 heavy (non-hydrogen) atoms. The number of rotatable bonds is 4. The lowest BCUT2D eigenvalue weighted by molar-refractivity contribution is -0.165. The second kappa shape index (κ2) is 7.06. The Morgan fingerprint density at radius 1 is 1.35 bits per heavy atom. The van der Waals surface area contributed by atoms with E-state index in [2.05, 4.69) is 15.6 Å². The zero-order valence-electron chi connectivity index (χ0n) is 16.9. The number of ether oxygens (including phenoxy) is 1. The Morgan fingerprint density at radius 2 is 2.19 bits per heavy atom. The topological polar surface area (TPSA) is 149 Å². The van der Waals surface area contributed by atoms with E-state index in [1.54, 1.807) is 12.1 Å². The lowest BCUT2D eigenvalue weighted by atomic mass is 9.95. The second-order valence-electron chi connectivity index (χ2n) is 7.94. The van der Waals surface area contributed by atoms with Crippen molar-refractivity contribution in [2.24, 2.45) is 0 Å². The molecule has 5 rings (SSSR count). The van der Waals surface area contributed by atoms with Gasteiger partial charge in [0.05, 0.1) is 18.5 Å². The van der Waals surface area contributed by atoms with Crippen molar-refractivity contribution in [2.75, 3.05) is 29.1 Å². The van der Waals surface area contributed by atoms with E-state index in [-0.39, 0.29) is 12.4 Å². The quantitative estimate of drug-likeness (QED) is 0.551. The molecule has 2 amide bonds. The molecule has 2 aromatic heterocycles. The average molecular weight is 426 g/mol. The zero-order chi connectivity index (χ0) is 21.8. The molecule has 162 valence electrons. The van der Waals surface area contributed by atoms with Gasteiger partial charge in [0, 0.05) is 30.1 Å². The van der Waals surface area contributed by atoms with Crippen LogP contribution in [0.15, 0.2) is 28.8 Å². The van der Waals surface area contributed by atoms with Gasteiger partial charge in [0.2, 0.25) is 0 Å². The van der Waals surface area contributed by atoms with Crippen molar-refractivity contribution in [1.82, 2.24) is 14.9 Å². The number of aliphatic hydroxyl groups is 1. The predicted octanol–water partition coefficient (Wildman–Crippen LogP) is 0.674. The maximum Gasteiger partial charge on any atom is 0.260 e. The number of fused-ring (bicyclic) bond motifs is 2. The number of morpholine rings is 1. The summed E-state index contributed by atoms with van der Waals surface area (Å²) in [4.78, 5) is 27.4. The van der Waals surface area contributed by atoms with Crippen LogP contribution in [0.4, 0.5) is 17.3 Å². The molecule has 4 heterocycles. The van der Waals surface area contributed by atoms with Gasteiger partial charge in [0.1, 0.15) is 0 Å². The SMILES string of the molecule is C[C@](O)(C(=O)Nc1ccc2c(N)noc2c1)[C@H]1OCCN(c2cc3n(n2)CCC3)C1=O. The van der Waals surface area contributed by atoms with Crippen molar-refractivity contribution in [3.05, 3.63) is 30.0 Å². The van der Waals surface area contributed by atoms with Gasteiger partial charge in [-0.1, -0.05) is 5.16 Å². The summed E-state index contributed by atoms with van der Waals surface area (Å²) in [5, 5.41) is 22.3. The molecule has 1 aromatic carbocycles. The zero-order valence-corrected chi connectivity index (χ0v) is 16.9. The molecule has 1 fully saturated rings. The fourth-order valence-electron chi connectivity index (χ4n) is 4.00. The van der Waals surface area contributed by atoms with E-state index in [1.165, 1.54) is 17.9 Å². The maximum atomic E-state index is 13.1. The summed E-state index contributed by atoms with van der Waals surface area (Å²) >= 11 is 0. The number of anilines is 3. The minimum absolute atomic E-state index is 0.172. The van der Waals surface area contributed by atoms with Crippen molar-refractivity contribution >= 4 is 40.1 Å². The third-order valence-electron chi connectivity index (χ3n) is 5.75. The van der Waals surface area contributed by atoms with Crippen LogP contribution < -0.4 is 16.0 Å². The molecule has 2 atom stereocenters. The molecule has 0 aliphatic carbocycles. The number of nitrogens with one attached hydrogen (secondary N) is 1. The molecule has 0 saturated carbocycles. The first kappa shape index (κ1) is 19.5. The molecule has 11 heteroatoms. The highest BCUT2D eigenvalue weighted by Crippen LogP contribution is 2.28. The second-order valence-corrected chi connectivity index (χ2v) is 7.94. The van der Waals surface area contributed by atoms with E-state index < -0.39 is 23.5 Å². The van der Waals surface area contributed by atoms with Gasteiger partial charge in [-0.2, -0.15) is 5.10 Å². The molecule has 0 unspecified atom stereocenters. The monoisotopic (exact) mass is 426 g/mol. The lowest BCUT2D eigenvalue weighted by Gasteiger charge is -2.37. The fraction of sp³-hybridized carbons (Fsp3) is 0.400. The largest absolute Gasteiger partial charge is 0.380 e. The number of carbonyl (C=O) groups is 2.